The predicted octanol–water partition coefficient (Wildman–Crippen LogP) is 3.47. The van der Waals surface area contributed by atoms with Gasteiger partial charge in [-0.05, 0) is 38.5 Å². The summed E-state index contributed by atoms with van der Waals surface area (Å²) in [6.45, 7) is 6.92. The number of guanidine groups is 1. The molecular formula is C21H27N5O. The molecule has 142 valence electrons. The first-order valence-corrected chi connectivity index (χ1v) is 9.71. The van der Waals surface area contributed by atoms with E-state index in [1.807, 2.05) is 18.3 Å². The monoisotopic (exact) mass is 365 g/mol. The molecule has 1 fully saturated rings. The molecule has 0 saturated carbocycles. The normalized spacial score (nSPS) is 18.0. The molecule has 0 radical (unpaired) electrons. The first kappa shape index (κ1) is 17.6. The molecule has 0 amide bonds. The molecule has 0 spiro atoms. The fraction of sp³-hybridized carbons (Fsp3) is 0.429. The van der Waals surface area contributed by atoms with Gasteiger partial charge in [0.05, 0.1) is 24.0 Å². The zero-order chi connectivity index (χ0) is 18.6. The summed E-state index contributed by atoms with van der Waals surface area (Å²) in [6.07, 6.45) is 5.56. The van der Waals surface area contributed by atoms with E-state index in [1.54, 1.807) is 6.26 Å². The number of nitrogens with one attached hydrogen (secondary N) is 1. The Kier molecular flexibility index (Phi) is 5.14. The molecule has 6 nitrogen and oxygen atoms in total. The second-order valence-electron chi connectivity index (χ2n) is 7.37. The molecule has 1 saturated heterocycles. The Balaban J connectivity index is 1.46. The molecule has 6 heteroatoms. The van der Waals surface area contributed by atoms with Crippen molar-refractivity contribution in [2.75, 3.05) is 19.6 Å². The number of hydrogen-bond donors (Lipinski definition) is 1. The maximum absolute atomic E-state index is 5.41. The number of hydrogen-bond acceptors (Lipinski definition) is 3. The number of nitrogens with zero attached hydrogens (tertiary/aromatic N) is 4. The molecule has 0 aliphatic carbocycles. The molecule has 3 aromatic rings. The van der Waals surface area contributed by atoms with Crippen molar-refractivity contribution in [2.45, 2.75) is 38.8 Å². The van der Waals surface area contributed by atoms with Crippen molar-refractivity contribution >= 4 is 16.9 Å². The lowest BCUT2D eigenvalue weighted by Crippen LogP contribution is -2.43. The van der Waals surface area contributed by atoms with E-state index < -0.39 is 0 Å². The third kappa shape index (κ3) is 3.99. The highest BCUT2D eigenvalue weighted by Gasteiger charge is 2.28. The van der Waals surface area contributed by atoms with E-state index in [9.17, 15) is 0 Å². The number of likely N-dealkylation sites (tertiary alicyclic amines) is 1. The van der Waals surface area contributed by atoms with Crippen LogP contribution in [0.15, 0.2) is 58.3 Å². The number of aliphatic imine (C=N–C) groups is 1. The zero-order valence-electron chi connectivity index (χ0n) is 16.0. The number of aromatic nitrogens is 2. The van der Waals surface area contributed by atoms with Gasteiger partial charge in [0.1, 0.15) is 5.76 Å². The molecule has 1 aliphatic rings. The number of para-hydroxylation sites is 1. The highest BCUT2D eigenvalue weighted by atomic mass is 16.3. The van der Waals surface area contributed by atoms with Crippen LogP contribution in [0.3, 0.4) is 0 Å². The average molecular weight is 365 g/mol. The molecule has 1 unspecified atom stereocenters. The van der Waals surface area contributed by atoms with Gasteiger partial charge in [-0.1, -0.05) is 18.2 Å². The first-order valence-electron chi connectivity index (χ1n) is 9.71. The van der Waals surface area contributed by atoms with Crippen LogP contribution < -0.4 is 5.32 Å². The first-order chi connectivity index (χ1) is 13.2. The third-order valence-corrected chi connectivity index (χ3v) is 4.93. The summed E-state index contributed by atoms with van der Waals surface area (Å²) < 4.78 is 7.59. The van der Waals surface area contributed by atoms with Crippen LogP contribution in [-0.4, -0.2) is 46.3 Å². The molecule has 27 heavy (non-hydrogen) atoms. The van der Waals surface area contributed by atoms with Gasteiger partial charge in [0.15, 0.2) is 5.96 Å². The fourth-order valence-electron chi connectivity index (χ4n) is 3.64. The number of furan rings is 1. The van der Waals surface area contributed by atoms with Crippen molar-refractivity contribution in [1.82, 2.24) is 20.0 Å². The van der Waals surface area contributed by atoms with Gasteiger partial charge in [-0.15, -0.1) is 0 Å². The summed E-state index contributed by atoms with van der Waals surface area (Å²) in [7, 11) is 0. The van der Waals surface area contributed by atoms with Gasteiger partial charge in [-0.2, -0.15) is 5.10 Å². The van der Waals surface area contributed by atoms with E-state index in [4.69, 9.17) is 9.41 Å². The largest absolute Gasteiger partial charge is 0.469 e. The van der Waals surface area contributed by atoms with E-state index in [1.165, 1.54) is 10.9 Å². The number of rotatable bonds is 5. The van der Waals surface area contributed by atoms with Gasteiger partial charge in [-0.25, -0.2) is 0 Å². The van der Waals surface area contributed by atoms with Gasteiger partial charge in [0, 0.05) is 37.5 Å². The van der Waals surface area contributed by atoms with Crippen molar-refractivity contribution < 1.29 is 4.42 Å². The molecule has 4 rings (SSSR count). The standard InChI is InChI=1S/C21H27N5O/c1-16(2)24-21(22-11-9-19-7-5-13-27-19)25-12-10-18(15-25)26-20-8-4-3-6-17(20)14-23-26/h3-8,13-14,16,18H,9-12,15H2,1-2H3,(H,22,24). The summed E-state index contributed by atoms with van der Waals surface area (Å²) in [5.41, 5.74) is 1.21. The Hall–Kier alpha value is -2.76. The maximum Gasteiger partial charge on any atom is 0.194 e. The Bertz CT molecular complexity index is 896. The van der Waals surface area contributed by atoms with Crippen LogP contribution in [0.1, 0.15) is 32.1 Å². The minimum Gasteiger partial charge on any atom is -0.469 e. The average Bonchev–Trinajstić information content (AvgIpc) is 3.40. The number of fused-ring (bicyclic) bond motifs is 1. The summed E-state index contributed by atoms with van der Waals surface area (Å²) in [4.78, 5) is 7.19. The second kappa shape index (κ2) is 7.86. The Labute approximate surface area is 159 Å². The molecule has 1 aliphatic heterocycles. The Morgan fingerprint density at radius 2 is 2.19 bits per heavy atom. The van der Waals surface area contributed by atoms with Gasteiger partial charge in [0.2, 0.25) is 0 Å². The fourth-order valence-corrected chi connectivity index (χ4v) is 3.64. The van der Waals surface area contributed by atoms with Crippen LogP contribution in [0.5, 0.6) is 0 Å². The summed E-state index contributed by atoms with van der Waals surface area (Å²) in [6, 6.07) is 13.0. The van der Waals surface area contributed by atoms with E-state index in [2.05, 4.69) is 58.1 Å². The molecule has 3 heterocycles. The van der Waals surface area contributed by atoms with Crippen molar-refractivity contribution in [3.05, 3.63) is 54.6 Å². The summed E-state index contributed by atoms with van der Waals surface area (Å²) in [5, 5.41) is 9.36. The van der Waals surface area contributed by atoms with Crippen molar-refractivity contribution in [3.8, 4) is 0 Å². The molecule has 2 aromatic heterocycles. The van der Waals surface area contributed by atoms with Crippen molar-refractivity contribution in [2.24, 2.45) is 4.99 Å². The lowest BCUT2D eigenvalue weighted by Gasteiger charge is -2.24. The highest BCUT2D eigenvalue weighted by Crippen LogP contribution is 2.25. The highest BCUT2D eigenvalue weighted by molar-refractivity contribution is 5.81. The second-order valence-corrected chi connectivity index (χ2v) is 7.37. The van der Waals surface area contributed by atoms with Crippen molar-refractivity contribution in [3.63, 3.8) is 0 Å². The molecule has 0 bridgehead atoms. The van der Waals surface area contributed by atoms with Gasteiger partial charge < -0.3 is 14.6 Å². The lowest BCUT2D eigenvalue weighted by atomic mass is 10.2. The Morgan fingerprint density at radius 3 is 3.00 bits per heavy atom. The Morgan fingerprint density at radius 1 is 1.30 bits per heavy atom. The third-order valence-electron chi connectivity index (χ3n) is 4.93. The van der Waals surface area contributed by atoms with Crippen LogP contribution in [0, 0.1) is 0 Å². The van der Waals surface area contributed by atoms with E-state index >= 15 is 0 Å². The minimum absolute atomic E-state index is 0.344. The van der Waals surface area contributed by atoms with Gasteiger partial charge in [0.25, 0.3) is 0 Å². The minimum atomic E-state index is 0.344. The molecule has 1 atom stereocenters. The van der Waals surface area contributed by atoms with Crippen molar-refractivity contribution in [1.29, 1.82) is 0 Å². The van der Waals surface area contributed by atoms with Gasteiger partial charge in [-0.3, -0.25) is 9.67 Å². The summed E-state index contributed by atoms with van der Waals surface area (Å²) >= 11 is 0. The zero-order valence-corrected chi connectivity index (χ0v) is 16.0. The van der Waals surface area contributed by atoms with Crippen LogP contribution in [0.2, 0.25) is 0 Å². The maximum atomic E-state index is 5.41. The molecule has 1 N–H and O–H groups in total. The van der Waals surface area contributed by atoms with Crippen LogP contribution in [0.4, 0.5) is 0 Å². The number of benzene rings is 1. The predicted molar refractivity (Wildman–Crippen MR) is 108 cm³/mol. The summed E-state index contributed by atoms with van der Waals surface area (Å²) in [5.74, 6) is 1.96. The van der Waals surface area contributed by atoms with Crippen LogP contribution in [0.25, 0.3) is 10.9 Å². The van der Waals surface area contributed by atoms with E-state index in [0.717, 1.165) is 37.7 Å². The molecular weight excluding hydrogens is 338 g/mol. The van der Waals surface area contributed by atoms with Crippen LogP contribution in [-0.2, 0) is 6.42 Å². The quantitative estimate of drug-likeness (QED) is 0.556. The van der Waals surface area contributed by atoms with E-state index in [0.29, 0.717) is 18.6 Å². The van der Waals surface area contributed by atoms with E-state index in [-0.39, 0.29) is 0 Å². The SMILES string of the molecule is CC(C)NC(=NCCc1ccco1)N1CCC(n2ncc3ccccc32)C1. The van der Waals surface area contributed by atoms with Gasteiger partial charge >= 0.3 is 0 Å². The smallest absolute Gasteiger partial charge is 0.194 e. The van der Waals surface area contributed by atoms with Crippen LogP contribution >= 0.6 is 0 Å². The topological polar surface area (TPSA) is 58.6 Å². The molecule has 1 aromatic carbocycles. The lowest BCUT2D eigenvalue weighted by molar-refractivity contribution is 0.434.